The third-order valence-electron chi connectivity index (χ3n) is 5.56. The zero-order valence-corrected chi connectivity index (χ0v) is 22.7. The van der Waals surface area contributed by atoms with E-state index in [-0.39, 0.29) is 17.6 Å². The van der Waals surface area contributed by atoms with Gasteiger partial charge in [-0.05, 0) is 61.1 Å². The van der Waals surface area contributed by atoms with E-state index in [0.717, 1.165) is 17.5 Å². The molecule has 0 N–H and O–H groups in total. The number of carbonyl (C=O) groups excluding carboxylic acids is 1. The number of allylic oxidation sites excluding steroid dienone is 1. The minimum Gasteiger partial charge on any atom is -0.494 e. The van der Waals surface area contributed by atoms with E-state index in [0.29, 0.717) is 34.9 Å². The van der Waals surface area contributed by atoms with Crippen molar-refractivity contribution in [2.45, 2.75) is 87.2 Å². The number of aryl methyl sites for hydroxylation is 1. The minimum absolute atomic E-state index is 0.0416. The number of rotatable bonds is 10. The molecule has 0 spiro atoms. The summed E-state index contributed by atoms with van der Waals surface area (Å²) >= 11 is 0. The summed E-state index contributed by atoms with van der Waals surface area (Å²) < 4.78 is 19.1. The third kappa shape index (κ3) is 8.89. The summed E-state index contributed by atoms with van der Waals surface area (Å²) in [6.07, 6.45) is 2.61. The fourth-order valence-electron chi connectivity index (χ4n) is 3.14. The Morgan fingerprint density at radius 3 is 2.26 bits per heavy atom. The minimum atomic E-state index is -0.612. The molecule has 2 rings (SSSR count). The van der Waals surface area contributed by atoms with Gasteiger partial charge in [0, 0.05) is 16.8 Å². The van der Waals surface area contributed by atoms with Gasteiger partial charge in [0.2, 0.25) is 0 Å². The molecule has 0 amide bonds. The van der Waals surface area contributed by atoms with Crippen LogP contribution in [0.4, 0.5) is 10.1 Å². The zero-order valence-electron chi connectivity index (χ0n) is 22.7. The first kappa shape index (κ1) is 31.2. The summed E-state index contributed by atoms with van der Waals surface area (Å²) in [4.78, 5) is 17.6. The molecule has 2 aromatic carbocycles. The topological polar surface area (TPSA) is 38.7 Å². The fraction of sp³-hybridized carbons (Fsp3) is 0.467. The molecule has 0 heterocycles. The van der Waals surface area contributed by atoms with Crippen LogP contribution in [0.3, 0.4) is 0 Å². The van der Waals surface area contributed by atoms with Crippen molar-refractivity contribution in [3.63, 3.8) is 0 Å². The highest BCUT2D eigenvalue weighted by atomic mass is 19.1. The maximum absolute atomic E-state index is 13.6. The Balaban J connectivity index is 0.00000258. The molecule has 188 valence electrons. The highest BCUT2D eigenvalue weighted by Crippen LogP contribution is 2.32. The molecule has 0 aliphatic heterocycles. The molecule has 34 heavy (non-hydrogen) atoms. The number of aliphatic imine (C=N–C) groups is 1. The van der Waals surface area contributed by atoms with E-state index >= 15 is 0 Å². The van der Waals surface area contributed by atoms with Gasteiger partial charge < -0.3 is 4.74 Å². The van der Waals surface area contributed by atoms with Crippen LogP contribution in [-0.4, -0.2) is 18.1 Å². The highest BCUT2D eigenvalue weighted by molar-refractivity contribution is 6.14. The number of alkyl halides is 1. The average molecular weight is 470 g/mol. The summed E-state index contributed by atoms with van der Waals surface area (Å²) in [6, 6.07) is 11.2. The molecule has 0 fully saturated rings. The second-order valence-corrected chi connectivity index (χ2v) is 8.03. The number of Topliss-reactive ketones (excluding diaryl/α,β-unsaturated/α-hetero) is 1. The monoisotopic (exact) mass is 469 g/mol. The Morgan fingerprint density at radius 1 is 1.09 bits per heavy atom. The molecular formula is C30H44FNO2. The van der Waals surface area contributed by atoms with Gasteiger partial charge in [-0.25, -0.2) is 4.39 Å². The average Bonchev–Trinajstić information content (AvgIpc) is 2.87. The van der Waals surface area contributed by atoms with Gasteiger partial charge in [0.1, 0.15) is 12.4 Å². The van der Waals surface area contributed by atoms with E-state index in [2.05, 4.69) is 32.3 Å². The lowest BCUT2D eigenvalue weighted by Crippen LogP contribution is -2.15. The van der Waals surface area contributed by atoms with Gasteiger partial charge in [-0.3, -0.25) is 9.79 Å². The van der Waals surface area contributed by atoms with E-state index in [1.165, 1.54) is 0 Å². The van der Waals surface area contributed by atoms with Crippen LogP contribution in [0.5, 0.6) is 5.75 Å². The number of halogens is 1. The predicted molar refractivity (Wildman–Crippen MR) is 146 cm³/mol. The third-order valence-corrected chi connectivity index (χ3v) is 5.56. The van der Waals surface area contributed by atoms with Crippen molar-refractivity contribution in [1.29, 1.82) is 0 Å². The van der Waals surface area contributed by atoms with E-state index < -0.39 is 6.67 Å². The van der Waals surface area contributed by atoms with Crippen molar-refractivity contribution >= 4 is 17.2 Å². The highest BCUT2D eigenvalue weighted by Gasteiger charge is 2.20. The Bertz CT molecular complexity index is 945. The fourth-order valence-corrected chi connectivity index (χ4v) is 3.14. The number of nitrogens with zero attached hydrogens (tertiary/aromatic N) is 1. The van der Waals surface area contributed by atoms with Gasteiger partial charge in [-0.15, -0.1) is 0 Å². The van der Waals surface area contributed by atoms with Crippen LogP contribution in [0.25, 0.3) is 0 Å². The Hall–Kier alpha value is -2.75. The van der Waals surface area contributed by atoms with Crippen molar-refractivity contribution in [2.75, 3.05) is 6.61 Å². The zero-order chi connectivity index (χ0) is 26.3. The van der Waals surface area contributed by atoms with Crippen molar-refractivity contribution in [3.05, 3.63) is 71.3 Å². The second-order valence-electron chi connectivity index (χ2n) is 8.03. The van der Waals surface area contributed by atoms with Gasteiger partial charge in [-0.2, -0.15) is 0 Å². The molecule has 0 saturated carbocycles. The number of hydrogen-bond donors (Lipinski definition) is 0. The van der Waals surface area contributed by atoms with Crippen LogP contribution in [0, 0.1) is 6.92 Å². The van der Waals surface area contributed by atoms with Gasteiger partial charge in [0.25, 0.3) is 0 Å². The Kier molecular flexibility index (Phi) is 14.7. The number of ketones is 1. The number of carbonyl (C=O) groups is 1. The molecule has 0 unspecified atom stereocenters. The number of benzene rings is 2. The summed E-state index contributed by atoms with van der Waals surface area (Å²) in [5, 5.41) is 0. The molecule has 4 heteroatoms. The van der Waals surface area contributed by atoms with Crippen molar-refractivity contribution < 1.29 is 13.9 Å². The van der Waals surface area contributed by atoms with Crippen LogP contribution >= 0.6 is 0 Å². The lowest BCUT2D eigenvalue weighted by Gasteiger charge is -2.24. The molecule has 0 bridgehead atoms. The molecule has 0 atom stereocenters. The van der Waals surface area contributed by atoms with Crippen LogP contribution in [0.1, 0.15) is 95.3 Å². The summed E-state index contributed by atoms with van der Waals surface area (Å²) in [5.74, 6) is 0.595. The van der Waals surface area contributed by atoms with E-state index in [1.54, 1.807) is 18.2 Å². The summed E-state index contributed by atoms with van der Waals surface area (Å²) in [7, 11) is 0. The maximum atomic E-state index is 13.6. The molecule has 2 aromatic rings. The first-order valence-corrected chi connectivity index (χ1v) is 12.4. The molecule has 0 aliphatic rings. The van der Waals surface area contributed by atoms with Gasteiger partial charge in [0.05, 0.1) is 18.7 Å². The molecule has 0 radical (unpaired) electrons. The number of ether oxygens (including phenoxy) is 1. The van der Waals surface area contributed by atoms with Gasteiger partial charge >= 0.3 is 0 Å². The Morgan fingerprint density at radius 2 is 1.74 bits per heavy atom. The quantitative estimate of drug-likeness (QED) is 0.257. The van der Waals surface area contributed by atoms with Gasteiger partial charge in [0.15, 0.2) is 5.78 Å². The van der Waals surface area contributed by atoms with Crippen molar-refractivity contribution in [2.24, 2.45) is 4.99 Å². The van der Waals surface area contributed by atoms with Gasteiger partial charge in [-0.1, -0.05) is 73.2 Å². The van der Waals surface area contributed by atoms with Crippen LogP contribution < -0.4 is 4.74 Å². The first-order valence-electron chi connectivity index (χ1n) is 12.4. The molecule has 3 nitrogen and oxygen atoms in total. The first-order chi connectivity index (χ1) is 16.2. The second kappa shape index (κ2) is 16.0. The van der Waals surface area contributed by atoms with E-state index in [1.807, 2.05) is 65.8 Å². The Labute approximate surface area is 207 Å². The summed E-state index contributed by atoms with van der Waals surface area (Å²) in [6.45, 7) is 22.0. The predicted octanol–water partition coefficient (Wildman–Crippen LogP) is 9.13. The number of hydrogen-bond acceptors (Lipinski definition) is 3. The molecule has 0 saturated heterocycles. The standard InChI is InChI=1S/C26H32FNO2.2C2H6/c1-7-21(15-25(29)23-16-22(30-9-3)13-10-18(23)4)28-24-14-20(26(5,6)8-2)12-11-19(24)17-27;2*1-2/h7,10-14,16H,1,8-9,15,17H2,2-6H3;2*1-2H3. The SMILES string of the molecule is C=CC(CC(=O)c1cc(OCC)ccc1C)=Nc1cc(C(C)(C)CC)ccc1CF.CC.CC. The van der Waals surface area contributed by atoms with E-state index in [9.17, 15) is 9.18 Å². The smallest absolute Gasteiger partial charge is 0.169 e. The summed E-state index contributed by atoms with van der Waals surface area (Å²) in [5.41, 5.74) is 4.11. The van der Waals surface area contributed by atoms with E-state index in [4.69, 9.17) is 4.74 Å². The normalized spacial score (nSPS) is 10.9. The lowest BCUT2D eigenvalue weighted by molar-refractivity contribution is 0.1000. The lowest BCUT2D eigenvalue weighted by atomic mass is 9.81. The maximum Gasteiger partial charge on any atom is 0.169 e. The van der Waals surface area contributed by atoms with Crippen LogP contribution in [0.2, 0.25) is 0 Å². The molecule has 0 aliphatic carbocycles. The van der Waals surface area contributed by atoms with Crippen LogP contribution in [-0.2, 0) is 12.1 Å². The van der Waals surface area contributed by atoms with Crippen LogP contribution in [0.15, 0.2) is 54.0 Å². The molecular weight excluding hydrogens is 425 g/mol. The van der Waals surface area contributed by atoms with Crippen molar-refractivity contribution in [1.82, 2.24) is 0 Å². The molecule has 0 aromatic heterocycles. The van der Waals surface area contributed by atoms with Crippen molar-refractivity contribution in [3.8, 4) is 5.75 Å². The largest absolute Gasteiger partial charge is 0.494 e.